The summed E-state index contributed by atoms with van der Waals surface area (Å²) in [7, 11) is 0. The van der Waals surface area contributed by atoms with Crippen LogP contribution in [0.5, 0.6) is 0 Å². The summed E-state index contributed by atoms with van der Waals surface area (Å²) in [5.41, 5.74) is 1.67. The van der Waals surface area contributed by atoms with Crippen LogP contribution in [0.4, 0.5) is 24.5 Å². The van der Waals surface area contributed by atoms with E-state index in [0.29, 0.717) is 27.9 Å². The van der Waals surface area contributed by atoms with E-state index in [4.69, 9.17) is 26.2 Å². The highest BCUT2D eigenvalue weighted by molar-refractivity contribution is 6.34. The van der Waals surface area contributed by atoms with E-state index in [0.717, 1.165) is 58.8 Å². The molecule has 0 radical (unpaired) electrons. The fourth-order valence-corrected chi connectivity index (χ4v) is 4.78. The third kappa shape index (κ3) is 9.10. The second kappa shape index (κ2) is 14.3. The van der Waals surface area contributed by atoms with Gasteiger partial charge in [-0.05, 0) is 62.1 Å². The Morgan fingerprint density at radius 1 is 0.975 bits per heavy atom. The van der Waals surface area contributed by atoms with E-state index in [1.165, 1.54) is 12.5 Å². The Bertz CT molecular complexity index is 1180. The molecule has 4 rings (SSSR count). The van der Waals surface area contributed by atoms with Crippen LogP contribution in [0, 0.1) is 5.92 Å². The molecule has 2 fully saturated rings. The number of aromatic carboxylic acids is 1. The van der Waals surface area contributed by atoms with Gasteiger partial charge in [-0.15, -0.1) is 0 Å². The maximum absolute atomic E-state index is 12.6. The first-order valence-corrected chi connectivity index (χ1v) is 13.1. The first kappa shape index (κ1) is 31.2. The van der Waals surface area contributed by atoms with Gasteiger partial charge in [-0.1, -0.05) is 23.7 Å². The lowest BCUT2D eigenvalue weighted by molar-refractivity contribution is -0.192. The Morgan fingerprint density at radius 2 is 1.60 bits per heavy atom. The zero-order chi connectivity index (χ0) is 29.3. The number of morpholine rings is 1. The second-order valence-corrected chi connectivity index (χ2v) is 9.85. The van der Waals surface area contributed by atoms with Crippen LogP contribution >= 0.6 is 11.6 Å². The Labute approximate surface area is 234 Å². The minimum Gasteiger partial charge on any atom is -0.478 e. The summed E-state index contributed by atoms with van der Waals surface area (Å²) in [5, 5.41) is 20.1. The monoisotopic (exact) mass is 585 g/mol. The zero-order valence-electron chi connectivity index (χ0n) is 21.6. The molecule has 9 nitrogen and oxygen atoms in total. The summed E-state index contributed by atoms with van der Waals surface area (Å²) in [6, 6.07) is 11.8. The predicted molar refractivity (Wildman–Crippen MR) is 143 cm³/mol. The normalized spacial score (nSPS) is 16.6. The highest BCUT2D eigenvalue weighted by Crippen LogP contribution is 2.30. The molecule has 13 heteroatoms. The van der Waals surface area contributed by atoms with E-state index < -0.39 is 18.1 Å². The number of carbonyl (C=O) groups is 3. The smallest absolute Gasteiger partial charge is 0.478 e. The predicted octanol–water partition coefficient (Wildman–Crippen LogP) is 4.86. The van der Waals surface area contributed by atoms with E-state index >= 15 is 0 Å². The van der Waals surface area contributed by atoms with Crippen LogP contribution in [-0.4, -0.2) is 85.1 Å². The second-order valence-electron chi connectivity index (χ2n) is 9.45. The van der Waals surface area contributed by atoms with Crippen molar-refractivity contribution in [2.24, 2.45) is 5.92 Å². The van der Waals surface area contributed by atoms with Crippen molar-refractivity contribution < 1.29 is 42.5 Å². The Balaban J connectivity index is 0.000000559. The molecule has 2 saturated heterocycles. The third-order valence-corrected chi connectivity index (χ3v) is 7.09. The third-order valence-electron chi connectivity index (χ3n) is 6.76. The standard InChI is InChI=1S/C25H30ClN3O4.C2HF3O2/c26-22-4-2-1-3-20(22)24(30)27-19-5-6-23(21(17-19)25(31)32)29-11-8-18(9-12-29)7-10-28-13-15-33-16-14-28;3-2(4,5)1(6)7/h1-6,17-18H,7-16H2,(H,27,30)(H,31,32);(H,6,7). The SMILES string of the molecule is O=C(Nc1ccc(N2CCC(CCN3CCOCC3)CC2)c(C(=O)O)c1)c1ccccc1Cl.O=C(O)C(F)(F)F. The first-order chi connectivity index (χ1) is 19.0. The molecular weight excluding hydrogens is 555 g/mol. The minimum atomic E-state index is -5.08. The van der Waals surface area contributed by atoms with E-state index in [9.17, 15) is 27.9 Å². The van der Waals surface area contributed by atoms with Crippen LogP contribution in [0.1, 0.15) is 40.0 Å². The number of aliphatic carboxylic acids is 1. The fraction of sp³-hybridized carbons (Fsp3) is 0.444. The maximum Gasteiger partial charge on any atom is 0.490 e. The number of alkyl halides is 3. The van der Waals surface area contributed by atoms with Gasteiger partial charge in [0.1, 0.15) is 0 Å². The van der Waals surface area contributed by atoms with Gasteiger partial charge >= 0.3 is 18.1 Å². The van der Waals surface area contributed by atoms with E-state index in [-0.39, 0.29) is 11.5 Å². The number of hydrogen-bond donors (Lipinski definition) is 3. The molecule has 0 aromatic heterocycles. The average Bonchev–Trinajstić information content (AvgIpc) is 2.93. The molecule has 0 aliphatic carbocycles. The lowest BCUT2D eigenvalue weighted by Gasteiger charge is -2.35. The summed E-state index contributed by atoms with van der Waals surface area (Å²) in [5.74, 6) is -3.47. The van der Waals surface area contributed by atoms with Gasteiger partial charge in [0.15, 0.2) is 0 Å². The number of halogens is 4. The number of nitrogens with zero attached hydrogens (tertiary/aromatic N) is 2. The lowest BCUT2D eigenvalue weighted by Crippen LogP contribution is -2.39. The quantitative estimate of drug-likeness (QED) is 0.421. The number of benzene rings is 2. The largest absolute Gasteiger partial charge is 0.490 e. The highest BCUT2D eigenvalue weighted by atomic mass is 35.5. The van der Waals surface area contributed by atoms with Gasteiger partial charge in [-0.3, -0.25) is 9.69 Å². The molecule has 0 spiro atoms. The van der Waals surface area contributed by atoms with Gasteiger partial charge in [-0.25, -0.2) is 9.59 Å². The van der Waals surface area contributed by atoms with Crippen LogP contribution in [0.15, 0.2) is 42.5 Å². The molecule has 2 aromatic rings. The van der Waals surface area contributed by atoms with Gasteiger partial charge in [0, 0.05) is 31.9 Å². The number of carboxylic acid groups (broad SMARTS) is 2. The molecule has 3 N–H and O–H groups in total. The molecule has 2 aliphatic heterocycles. The number of anilines is 2. The van der Waals surface area contributed by atoms with Crippen molar-refractivity contribution in [3.8, 4) is 0 Å². The van der Waals surface area contributed by atoms with E-state index in [1.807, 2.05) is 0 Å². The zero-order valence-corrected chi connectivity index (χ0v) is 22.4. The van der Waals surface area contributed by atoms with Crippen molar-refractivity contribution in [3.05, 3.63) is 58.6 Å². The first-order valence-electron chi connectivity index (χ1n) is 12.7. The van der Waals surface area contributed by atoms with Gasteiger partial charge in [0.05, 0.1) is 35.1 Å². The van der Waals surface area contributed by atoms with Crippen molar-refractivity contribution in [1.29, 1.82) is 0 Å². The molecule has 0 saturated carbocycles. The molecule has 218 valence electrons. The highest BCUT2D eigenvalue weighted by Gasteiger charge is 2.38. The Kier molecular flexibility index (Phi) is 11.2. The molecule has 2 aromatic carbocycles. The van der Waals surface area contributed by atoms with Crippen molar-refractivity contribution in [2.75, 3.05) is 56.2 Å². The Hall–Kier alpha value is -3.35. The number of nitrogens with one attached hydrogen (secondary N) is 1. The number of rotatable bonds is 7. The number of hydrogen-bond acceptors (Lipinski definition) is 6. The van der Waals surface area contributed by atoms with Gasteiger partial charge < -0.3 is 25.2 Å². The lowest BCUT2D eigenvalue weighted by atomic mass is 9.92. The molecule has 1 amide bonds. The summed E-state index contributed by atoms with van der Waals surface area (Å²) in [4.78, 5) is 38.1. The minimum absolute atomic E-state index is 0.193. The van der Waals surface area contributed by atoms with Crippen LogP contribution in [0.3, 0.4) is 0 Å². The number of piperidine rings is 1. The van der Waals surface area contributed by atoms with Crippen molar-refractivity contribution >= 4 is 40.8 Å². The van der Waals surface area contributed by atoms with Crippen molar-refractivity contribution in [3.63, 3.8) is 0 Å². The molecule has 0 unspecified atom stereocenters. The summed E-state index contributed by atoms with van der Waals surface area (Å²) in [6.07, 6.45) is -1.81. The van der Waals surface area contributed by atoms with Crippen molar-refractivity contribution in [2.45, 2.75) is 25.4 Å². The molecule has 0 atom stereocenters. The molecule has 40 heavy (non-hydrogen) atoms. The van der Waals surface area contributed by atoms with E-state index in [2.05, 4.69) is 15.1 Å². The summed E-state index contributed by atoms with van der Waals surface area (Å²) in [6.45, 7) is 6.45. The topological polar surface area (TPSA) is 119 Å². The van der Waals surface area contributed by atoms with Gasteiger partial charge in [-0.2, -0.15) is 13.2 Å². The molecule has 0 bridgehead atoms. The number of amides is 1. The Morgan fingerprint density at radius 3 is 2.17 bits per heavy atom. The summed E-state index contributed by atoms with van der Waals surface area (Å²) >= 11 is 6.10. The fourth-order valence-electron chi connectivity index (χ4n) is 4.56. The van der Waals surface area contributed by atoms with Crippen LogP contribution in [0.25, 0.3) is 0 Å². The maximum atomic E-state index is 12.6. The number of carbonyl (C=O) groups excluding carboxylic acids is 1. The van der Waals surface area contributed by atoms with Crippen LogP contribution in [-0.2, 0) is 9.53 Å². The average molecular weight is 586 g/mol. The number of carboxylic acids is 2. The van der Waals surface area contributed by atoms with E-state index in [1.54, 1.807) is 36.4 Å². The van der Waals surface area contributed by atoms with Gasteiger partial charge in [0.2, 0.25) is 0 Å². The number of ether oxygens (including phenoxy) is 1. The molecule has 2 heterocycles. The van der Waals surface area contributed by atoms with Crippen LogP contribution in [0.2, 0.25) is 5.02 Å². The summed E-state index contributed by atoms with van der Waals surface area (Å²) < 4.78 is 37.2. The van der Waals surface area contributed by atoms with Gasteiger partial charge in [0.25, 0.3) is 5.91 Å². The molecule has 2 aliphatic rings. The van der Waals surface area contributed by atoms with Crippen molar-refractivity contribution in [1.82, 2.24) is 4.90 Å². The molecular formula is C27H31ClF3N3O6. The van der Waals surface area contributed by atoms with Crippen LogP contribution < -0.4 is 10.2 Å².